The topological polar surface area (TPSA) is 75.6 Å². The summed E-state index contributed by atoms with van der Waals surface area (Å²) >= 11 is 0. The molecule has 0 saturated heterocycles. The van der Waals surface area contributed by atoms with Gasteiger partial charge in [0.25, 0.3) is 5.91 Å². The first-order chi connectivity index (χ1) is 8.17. The van der Waals surface area contributed by atoms with Gasteiger partial charge in [-0.1, -0.05) is 12.1 Å². The van der Waals surface area contributed by atoms with Crippen LogP contribution in [-0.4, -0.2) is 30.1 Å². The second-order valence-corrected chi connectivity index (χ2v) is 3.38. The van der Waals surface area contributed by atoms with Gasteiger partial charge in [-0.2, -0.15) is 0 Å². The van der Waals surface area contributed by atoms with E-state index in [0.29, 0.717) is 17.7 Å². The molecule has 92 valence electrons. The molecule has 0 spiro atoms. The van der Waals surface area contributed by atoms with Crippen LogP contribution in [-0.2, 0) is 16.1 Å². The summed E-state index contributed by atoms with van der Waals surface area (Å²) in [7, 11) is 0. The summed E-state index contributed by atoms with van der Waals surface area (Å²) in [5, 5.41) is 11.4. The van der Waals surface area contributed by atoms with Crippen molar-refractivity contribution >= 4 is 11.9 Å². The quantitative estimate of drug-likeness (QED) is 0.730. The van der Waals surface area contributed by atoms with Crippen LogP contribution < -0.4 is 5.32 Å². The average molecular weight is 237 g/mol. The molecule has 2 N–H and O–H groups in total. The van der Waals surface area contributed by atoms with Crippen LogP contribution >= 0.6 is 0 Å². The highest BCUT2D eigenvalue weighted by Crippen LogP contribution is 2.05. The molecule has 0 aromatic heterocycles. The summed E-state index contributed by atoms with van der Waals surface area (Å²) < 4.78 is 4.80. The van der Waals surface area contributed by atoms with Crippen molar-refractivity contribution in [2.45, 2.75) is 13.5 Å². The second-order valence-electron chi connectivity index (χ2n) is 3.38. The van der Waals surface area contributed by atoms with E-state index in [1.807, 2.05) is 0 Å². The standard InChI is InChI=1S/C12H15NO4/c1-2-13-11(15)8-17-12(16)10-5-3-9(7-14)4-6-10/h3-6,14H,2,7-8H2,1H3,(H,13,15). The Kier molecular flexibility index (Phi) is 5.16. The summed E-state index contributed by atoms with van der Waals surface area (Å²) in [6.07, 6.45) is 0. The Hall–Kier alpha value is -1.88. The van der Waals surface area contributed by atoms with Crippen LogP contribution in [0.5, 0.6) is 0 Å². The van der Waals surface area contributed by atoms with Gasteiger partial charge in [0.15, 0.2) is 6.61 Å². The fourth-order valence-corrected chi connectivity index (χ4v) is 1.21. The maximum Gasteiger partial charge on any atom is 0.338 e. The number of carbonyl (C=O) groups is 2. The molecule has 5 nitrogen and oxygen atoms in total. The van der Waals surface area contributed by atoms with Crippen molar-refractivity contribution in [1.29, 1.82) is 0 Å². The largest absolute Gasteiger partial charge is 0.452 e. The maximum absolute atomic E-state index is 11.5. The van der Waals surface area contributed by atoms with E-state index in [2.05, 4.69) is 5.32 Å². The SMILES string of the molecule is CCNC(=O)COC(=O)c1ccc(CO)cc1. The number of esters is 1. The summed E-state index contributed by atoms with van der Waals surface area (Å²) in [5.74, 6) is -0.881. The smallest absolute Gasteiger partial charge is 0.338 e. The molecule has 0 atom stereocenters. The Bertz CT molecular complexity index is 386. The maximum atomic E-state index is 11.5. The summed E-state index contributed by atoms with van der Waals surface area (Å²) in [4.78, 5) is 22.5. The number of ether oxygens (including phenoxy) is 1. The Morgan fingerprint density at radius 1 is 1.29 bits per heavy atom. The molecule has 0 aliphatic carbocycles. The van der Waals surface area contributed by atoms with E-state index in [4.69, 9.17) is 9.84 Å². The minimum Gasteiger partial charge on any atom is -0.452 e. The van der Waals surface area contributed by atoms with E-state index in [-0.39, 0.29) is 19.1 Å². The van der Waals surface area contributed by atoms with Gasteiger partial charge in [0.05, 0.1) is 12.2 Å². The number of likely N-dealkylation sites (N-methyl/N-ethyl adjacent to an activating group) is 1. The molecule has 0 heterocycles. The molecule has 0 fully saturated rings. The van der Waals surface area contributed by atoms with E-state index in [1.54, 1.807) is 31.2 Å². The highest BCUT2D eigenvalue weighted by Gasteiger charge is 2.09. The zero-order valence-corrected chi connectivity index (χ0v) is 9.60. The number of amides is 1. The van der Waals surface area contributed by atoms with E-state index in [9.17, 15) is 9.59 Å². The lowest BCUT2D eigenvalue weighted by atomic mass is 10.1. The molecule has 0 aliphatic rings. The van der Waals surface area contributed by atoms with Gasteiger partial charge in [-0.25, -0.2) is 4.79 Å². The highest BCUT2D eigenvalue weighted by molar-refractivity contribution is 5.91. The predicted molar refractivity (Wildman–Crippen MR) is 61.3 cm³/mol. The van der Waals surface area contributed by atoms with Crippen molar-refractivity contribution in [3.63, 3.8) is 0 Å². The van der Waals surface area contributed by atoms with Crippen molar-refractivity contribution in [2.24, 2.45) is 0 Å². The van der Waals surface area contributed by atoms with Crippen molar-refractivity contribution < 1.29 is 19.4 Å². The summed E-state index contributed by atoms with van der Waals surface area (Å²) in [5.41, 5.74) is 1.07. The minimum atomic E-state index is -0.555. The molecule has 1 rings (SSSR count). The Morgan fingerprint density at radius 2 is 1.94 bits per heavy atom. The molecule has 1 aromatic rings. The van der Waals surface area contributed by atoms with Crippen LogP contribution in [0.2, 0.25) is 0 Å². The summed E-state index contributed by atoms with van der Waals surface area (Å²) in [6, 6.07) is 6.35. The van der Waals surface area contributed by atoms with Gasteiger partial charge in [0.2, 0.25) is 0 Å². The van der Waals surface area contributed by atoms with Gasteiger partial charge in [-0.05, 0) is 24.6 Å². The molecule has 1 amide bonds. The van der Waals surface area contributed by atoms with Gasteiger partial charge in [0.1, 0.15) is 0 Å². The Morgan fingerprint density at radius 3 is 2.47 bits per heavy atom. The number of nitrogens with one attached hydrogen (secondary N) is 1. The fourth-order valence-electron chi connectivity index (χ4n) is 1.21. The first-order valence-electron chi connectivity index (χ1n) is 5.31. The molecule has 0 aliphatic heterocycles. The number of aliphatic hydroxyl groups is 1. The molecule has 0 bridgehead atoms. The number of hydrogen-bond donors (Lipinski definition) is 2. The lowest BCUT2D eigenvalue weighted by Gasteiger charge is -2.05. The van der Waals surface area contributed by atoms with E-state index >= 15 is 0 Å². The number of carbonyl (C=O) groups excluding carboxylic acids is 2. The van der Waals surface area contributed by atoms with E-state index in [1.165, 1.54) is 0 Å². The number of rotatable bonds is 5. The lowest BCUT2D eigenvalue weighted by Crippen LogP contribution is -2.28. The third kappa shape index (κ3) is 4.24. The van der Waals surface area contributed by atoms with Crippen molar-refractivity contribution in [3.8, 4) is 0 Å². The molecule has 5 heteroatoms. The number of hydrogen-bond acceptors (Lipinski definition) is 4. The third-order valence-corrected chi connectivity index (χ3v) is 2.08. The Balaban J connectivity index is 2.49. The van der Waals surface area contributed by atoms with Crippen LogP contribution in [0.15, 0.2) is 24.3 Å². The van der Waals surface area contributed by atoms with Crippen LogP contribution in [0.4, 0.5) is 0 Å². The van der Waals surface area contributed by atoms with Gasteiger partial charge >= 0.3 is 5.97 Å². The third-order valence-electron chi connectivity index (χ3n) is 2.08. The molecule has 0 saturated carbocycles. The number of benzene rings is 1. The van der Waals surface area contributed by atoms with Crippen molar-refractivity contribution in [3.05, 3.63) is 35.4 Å². The Labute approximate surface area is 99.4 Å². The normalized spacial score (nSPS) is 9.76. The molecule has 17 heavy (non-hydrogen) atoms. The van der Waals surface area contributed by atoms with Crippen LogP contribution in [0, 0.1) is 0 Å². The number of aliphatic hydroxyl groups excluding tert-OH is 1. The highest BCUT2D eigenvalue weighted by atomic mass is 16.5. The zero-order chi connectivity index (χ0) is 12.7. The van der Waals surface area contributed by atoms with E-state index in [0.717, 1.165) is 0 Å². The van der Waals surface area contributed by atoms with Gasteiger partial charge in [-0.3, -0.25) is 4.79 Å². The second kappa shape index (κ2) is 6.65. The zero-order valence-electron chi connectivity index (χ0n) is 9.60. The molecular weight excluding hydrogens is 222 g/mol. The lowest BCUT2D eigenvalue weighted by molar-refractivity contribution is -0.124. The van der Waals surface area contributed by atoms with Crippen molar-refractivity contribution in [1.82, 2.24) is 5.32 Å². The first-order valence-corrected chi connectivity index (χ1v) is 5.31. The van der Waals surface area contributed by atoms with Crippen LogP contribution in [0.3, 0.4) is 0 Å². The monoisotopic (exact) mass is 237 g/mol. The van der Waals surface area contributed by atoms with Gasteiger partial charge in [-0.15, -0.1) is 0 Å². The van der Waals surface area contributed by atoms with Crippen LogP contribution in [0.25, 0.3) is 0 Å². The molecule has 1 aromatic carbocycles. The first kappa shape index (κ1) is 13.2. The van der Waals surface area contributed by atoms with Gasteiger partial charge in [0, 0.05) is 6.54 Å². The predicted octanol–water partition coefficient (Wildman–Crippen LogP) is 0.472. The van der Waals surface area contributed by atoms with Crippen LogP contribution in [0.1, 0.15) is 22.8 Å². The minimum absolute atomic E-state index is 0.0752. The summed E-state index contributed by atoms with van der Waals surface area (Å²) in [6.45, 7) is 1.93. The molecule has 0 unspecified atom stereocenters. The van der Waals surface area contributed by atoms with E-state index < -0.39 is 5.97 Å². The van der Waals surface area contributed by atoms with Crippen molar-refractivity contribution in [2.75, 3.05) is 13.2 Å². The fraction of sp³-hybridized carbons (Fsp3) is 0.333. The average Bonchev–Trinajstić information content (AvgIpc) is 2.36. The molecule has 0 radical (unpaired) electrons. The molecular formula is C12H15NO4. The van der Waals surface area contributed by atoms with Gasteiger partial charge < -0.3 is 15.2 Å².